The van der Waals surface area contributed by atoms with Crippen molar-refractivity contribution in [1.82, 2.24) is 24.5 Å². The van der Waals surface area contributed by atoms with Gasteiger partial charge in [0.1, 0.15) is 28.7 Å². The number of halogens is 3. The average molecular weight is 433 g/mol. The zero-order valence-electron chi connectivity index (χ0n) is 16.0. The standard InChI is InChI=1S/C20H19ClF2N6O/c21-18-17(10-25-29(20(18)30)16-4-1-13(22)9-15(16)23)27-7-5-12(6-8-27)19-26-24-11-28(19)14-2-3-14/h1,4,9-12,14H,2-3,5-8H2. The van der Waals surface area contributed by atoms with Gasteiger partial charge in [-0.15, -0.1) is 10.2 Å². The van der Waals surface area contributed by atoms with Gasteiger partial charge in [-0.05, 0) is 37.8 Å². The van der Waals surface area contributed by atoms with Crippen molar-refractivity contribution < 1.29 is 8.78 Å². The summed E-state index contributed by atoms with van der Waals surface area (Å²) in [6.07, 6.45) is 7.34. The molecule has 0 atom stereocenters. The Morgan fingerprint density at radius 1 is 1.07 bits per heavy atom. The lowest BCUT2D eigenvalue weighted by atomic mass is 9.95. The van der Waals surface area contributed by atoms with Gasteiger partial charge in [-0.1, -0.05) is 11.6 Å². The lowest BCUT2D eigenvalue weighted by Gasteiger charge is -2.33. The molecule has 3 heterocycles. The highest BCUT2D eigenvalue weighted by Crippen LogP contribution is 2.39. The predicted octanol–water partition coefficient (Wildman–Crippen LogP) is 3.47. The summed E-state index contributed by atoms with van der Waals surface area (Å²) in [6, 6.07) is 3.47. The second-order valence-corrected chi connectivity index (χ2v) is 8.12. The van der Waals surface area contributed by atoms with Crippen molar-refractivity contribution >= 4 is 17.3 Å². The molecule has 1 aliphatic heterocycles. The molecular weight excluding hydrogens is 414 g/mol. The van der Waals surface area contributed by atoms with Gasteiger partial charge in [0.2, 0.25) is 0 Å². The van der Waals surface area contributed by atoms with Gasteiger partial charge < -0.3 is 9.47 Å². The van der Waals surface area contributed by atoms with Crippen molar-refractivity contribution in [3.8, 4) is 5.69 Å². The summed E-state index contributed by atoms with van der Waals surface area (Å²) in [6.45, 7) is 1.38. The van der Waals surface area contributed by atoms with E-state index in [2.05, 4.69) is 19.9 Å². The van der Waals surface area contributed by atoms with Gasteiger partial charge in [0.15, 0.2) is 5.82 Å². The lowest BCUT2D eigenvalue weighted by molar-refractivity contribution is 0.464. The molecule has 30 heavy (non-hydrogen) atoms. The molecule has 0 N–H and O–H groups in total. The van der Waals surface area contributed by atoms with E-state index in [-0.39, 0.29) is 10.7 Å². The van der Waals surface area contributed by atoms with Crippen LogP contribution in [0.25, 0.3) is 5.69 Å². The molecule has 0 bridgehead atoms. The first kappa shape index (κ1) is 19.2. The quantitative estimate of drug-likeness (QED) is 0.631. The average Bonchev–Trinajstić information content (AvgIpc) is 3.47. The topological polar surface area (TPSA) is 68.8 Å². The molecule has 2 fully saturated rings. The first-order chi connectivity index (χ1) is 14.5. The molecular formula is C20H19ClF2N6O. The zero-order valence-corrected chi connectivity index (χ0v) is 16.8. The highest BCUT2D eigenvalue weighted by Gasteiger charge is 2.31. The smallest absolute Gasteiger partial charge is 0.292 e. The first-order valence-electron chi connectivity index (χ1n) is 9.90. The Labute approximate surface area is 175 Å². The van der Waals surface area contributed by atoms with Crippen LogP contribution >= 0.6 is 11.6 Å². The molecule has 3 aromatic rings. The van der Waals surface area contributed by atoms with E-state index >= 15 is 0 Å². The number of benzene rings is 1. The normalized spacial score (nSPS) is 17.5. The van der Waals surface area contributed by atoms with E-state index < -0.39 is 17.2 Å². The summed E-state index contributed by atoms with van der Waals surface area (Å²) in [4.78, 5) is 14.7. The summed E-state index contributed by atoms with van der Waals surface area (Å²) < 4.78 is 30.3. The Morgan fingerprint density at radius 2 is 1.83 bits per heavy atom. The van der Waals surface area contributed by atoms with Gasteiger partial charge in [0.05, 0.1) is 11.9 Å². The SMILES string of the molecule is O=c1c(Cl)c(N2CCC(c3nncn3C3CC3)CC2)cnn1-c1ccc(F)cc1F. The minimum atomic E-state index is -0.881. The van der Waals surface area contributed by atoms with E-state index in [1.54, 1.807) is 0 Å². The molecule has 0 spiro atoms. The maximum absolute atomic E-state index is 14.1. The maximum Gasteiger partial charge on any atom is 0.292 e. The van der Waals surface area contributed by atoms with Crippen molar-refractivity contribution in [1.29, 1.82) is 0 Å². The second-order valence-electron chi connectivity index (χ2n) is 7.75. The van der Waals surface area contributed by atoms with Crippen LogP contribution in [0.2, 0.25) is 5.02 Å². The molecule has 5 rings (SSSR count). The van der Waals surface area contributed by atoms with Crippen LogP contribution in [0, 0.1) is 11.6 Å². The molecule has 2 aliphatic rings. The Morgan fingerprint density at radius 3 is 2.53 bits per heavy atom. The second kappa shape index (κ2) is 7.46. The number of aromatic nitrogens is 5. The molecule has 7 nitrogen and oxygen atoms in total. The van der Waals surface area contributed by atoms with Crippen molar-refractivity contribution in [2.75, 3.05) is 18.0 Å². The third-order valence-corrected chi connectivity index (χ3v) is 6.14. The molecule has 1 saturated heterocycles. The van der Waals surface area contributed by atoms with Gasteiger partial charge in [-0.25, -0.2) is 8.78 Å². The summed E-state index contributed by atoms with van der Waals surface area (Å²) in [5, 5.41) is 12.5. The van der Waals surface area contributed by atoms with E-state index in [0.717, 1.165) is 35.5 Å². The van der Waals surface area contributed by atoms with Crippen LogP contribution < -0.4 is 10.5 Å². The lowest BCUT2D eigenvalue weighted by Crippen LogP contribution is -2.35. The molecule has 1 aliphatic carbocycles. The monoisotopic (exact) mass is 432 g/mol. The number of anilines is 1. The van der Waals surface area contributed by atoms with Crippen LogP contribution in [-0.2, 0) is 0 Å². The Hall–Kier alpha value is -2.81. The summed E-state index contributed by atoms with van der Waals surface area (Å²) >= 11 is 6.34. The molecule has 0 unspecified atom stereocenters. The summed E-state index contributed by atoms with van der Waals surface area (Å²) in [7, 11) is 0. The number of hydrogen-bond donors (Lipinski definition) is 0. The summed E-state index contributed by atoms with van der Waals surface area (Å²) in [5.74, 6) is -0.269. The van der Waals surface area contributed by atoms with E-state index in [9.17, 15) is 13.6 Å². The molecule has 2 aromatic heterocycles. The summed E-state index contributed by atoms with van der Waals surface area (Å²) in [5.41, 5.74) is -0.272. The Balaban J connectivity index is 1.36. The van der Waals surface area contributed by atoms with Gasteiger partial charge >= 0.3 is 0 Å². The highest BCUT2D eigenvalue weighted by molar-refractivity contribution is 6.33. The third kappa shape index (κ3) is 3.36. The minimum absolute atomic E-state index is 0.0340. The fourth-order valence-corrected chi connectivity index (χ4v) is 4.27. The van der Waals surface area contributed by atoms with Crippen molar-refractivity contribution in [2.24, 2.45) is 0 Å². The third-order valence-electron chi connectivity index (χ3n) is 5.78. The number of rotatable bonds is 4. The highest BCUT2D eigenvalue weighted by atomic mass is 35.5. The van der Waals surface area contributed by atoms with Crippen molar-refractivity contribution in [3.05, 3.63) is 63.6 Å². The van der Waals surface area contributed by atoms with Crippen LogP contribution in [0.3, 0.4) is 0 Å². The van der Waals surface area contributed by atoms with Gasteiger partial charge in [-0.3, -0.25) is 4.79 Å². The number of piperidine rings is 1. The van der Waals surface area contributed by atoms with Gasteiger partial charge in [0, 0.05) is 31.1 Å². The zero-order chi connectivity index (χ0) is 20.8. The Bertz CT molecular complexity index is 1150. The van der Waals surface area contributed by atoms with E-state index in [1.807, 2.05) is 11.2 Å². The predicted molar refractivity (Wildman–Crippen MR) is 107 cm³/mol. The minimum Gasteiger partial charge on any atom is -0.369 e. The fourth-order valence-electron chi connectivity index (χ4n) is 4.03. The molecule has 1 saturated carbocycles. The molecule has 1 aromatic carbocycles. The van der Waals surface area contributed by atoms with Crippen LogP contribution in [-0.4, -0.2) is 37.6 Å². The van der Waals surface area contributed by atoms with E-state index in [1.165, 1.54) is 19.0 Å². The maximum atomic E-state index is 14.1. The van der Waals surface area contributed by atoms with Crippen LogP contribution in [0.5, 0.6) is 0 Å². The van der Waals surface area contributed by atoms with Crippen LogP contribution in [0.1, 0.15) is 43.5 Å². The van der Waals surface area contributed by atoms with Crippen LogP contribution in [0.15, 0.2) is 35.5 Å². The Kier molecular flexibility index (Phi) is 4.77. The molecule has 0 radical (unpaired) electrons. The molecule has 0 amide bonds. The molecule has 10 heteroatoms. The number of nitrogens with zero attached hydrogens (tertiary/aromatic N) is 6. The van der Waals surface area contributed by atoms with Crippen molar-refractivity contribution in [3.63, 3.8) is 0 Å². The van der Waals surface area contributed by atoms with Crippen LogP contribution in [0.4, 0.5) is 14.5 Å². The molecule has 156 valence electrons. The number of hydrogen-bond acceptors (Lipinski definition) is 5. The van der Waals surface area contributed by atoms with Gasteiger partial charge in [0.25, 0.3) is 5.56 Å². The largest absolute Gasteiger partial charge is 0.369 e. The van der Waals surface area contributed by atoms with Gasteiger partial charge in [-0.2, -0.15) is 9.78 Å². The first-order valence-corrected chi connectivity index (χ1v) is 10.3. The fraction of sp³-hybridized carbons (Fsp3) is 0.400. The van der Waals surface area contributed by atoms with E-state index in [0.29, 0.717) is 36.8 Å². The van der Waals surface area contributed by atoms with Crippen molar-refractivity contribution in [2.45, 2.75) is 37.6 Å². The van der Waals surface area contributed by atoms with E-state index in [4.69, 9.17) is 11.6 Å².